The lowest BCUT2D eigenvalue weighted by molar-refractivity contribution is -0.812. The van der Waals surface area contributed by atoms with Gasteiger partial charge in [0, 0.05) is 12.7 Å². The third kappa shape index (κ3) is 3.17. The molecule has 8 nitrogen and oxygen atoms in total. The number of pyridine rings is 1. The number of fused-ring (bicyclic) bond motifs is 3. The summed E-state index contributed by atoms with van der Waals surface area (Å²) in [6, 6.07) is 1.74. The van der Waals surface area contributed by atoms with E-state index in [0.29, 0.717) is 13.1 Å². The molecule has 2 unspecified atom stereocenters. The van der Waals surface area contributed by atoms with Crippen LogP contribution in [0.5, 0.6) is 0 Å². The number of carbonyl (C=O) groups excluding carboxylic acids is 1. The molecule has 0 bridgehead atoms. The third-order valence-corrected chi connectivity index (χ3v) is 4.28. The van der Waals surface area contributed by atoms with Gasteiger partial charge in [-0.1, -0.05) is 0 Å². The number of amides is 1. The minimum absolute atomic E-state index is 0.0649. The molecule has 2 atom stereocenters. The van der Waals surface area contributed by atoms with E-state index in [0.717, 1.165) is 17.1 Å². The topological polar surface area (TPSA) is 97.8 Å². The number of aromatic nitrogens is 1. The van der Waals surface area contributed by atoms with E-state index in [1.54, 1.807) is 27.0 Å². The fourth-order valence-corrected chi connectivity index (χ4v) is 3.12. The summed E-state index contributed by atoms with van der Waals surface area (Å²) in [5.41, 5.74) is 0.907. The highest BCUT2D eigenvalue weighted by Gasteiger charge is 2.43. The second-order valence-electron chi connectivity index (χ2n) is 7.38. The van der Waals surface area contributed by atoms with Crippen LogP contribution in [0.25, 0.3) is 0 Å². The highest BCUT2D eigenvalue weighted by atomic mass is 16.7. The summed E-state index contributed by atoms with van der Waals surface area (Å²) >= 11 is 0. The maximum absolute atomic E-state index is 12.9. The fourth-order valence-electron chi connectivity index (χ4n) is 3.12. The molecular weight excluding hydrogens is 312 g/mol. The van der Waals surface area contributed by atoms with Gasteiger partial charge in [-0.3, -0.25) is 4.65 Å². The first-order valence-electron chi connectivity index (χ1n) is 8.14. The third-order valence-electron chi connectivity index (χ3n) is 4.28. The summed E-state index contributed by atoms with van der Waals surface area (Å²) in [6.45, 7) is 6.46. The summed E-state index contributed by atoms with van der Waals surface area (Å²) < 4.78 is 4.33. The van der Waals surface area contributed by atoms with Gasteiger partial charge in [-0.05, 0) is 32.4 Å². The lowest BCUT2D eigenvalue weighted by Crippen LogP contribution is -2.66. The Morgan fingerprint density at radius 3 is 3.00 bits per heavy atom. The van der Waals surface area contributed by atoms with Crippen molar-refractivity contribution in [2.24, 2.45) is 0 Å². The summed E-state index contributed by atoms with van der Waals surface area (Å²) in [6.07, 6.45) is 0.904. The van der Waals surface area contributed by atoms with Crippen LogP contribution in [-0.4, -0.2) is 58.7 Å². The fraction of sp³-hybridized carbons (Fsp3) is 0.625. The molecule has 132 valence electrons. The molecular formula is C16H24N4O4. The average Bonchev–Trinajstić information content (AvgIpc) is 2.52. The van der Waals surface area contributed by atoms with Gasteiger partial charge in [0.15, 0.2) is 5.82 Å². The van der Waals surface area contributed by atoms with Gasteiger partial charge < -0.3 is 25.3 Å². The van der Waals surface area contributed by atoms with Crippen LogP contribution in [0.3, 0.4) is 0 Å². The first-order valence-corrected chi connectivity index (χ1v) is 8.14. The van der Waals surface area contributed by atoms with Crippen molar-refractivity contribution < 1.29 is 19.3 Å². The molecule has 1 saturated heterocycles. The second-order valence-corrected chi connectivity index (χ2v) is 7.38. The number of hydrogen-bond donors (Lipinski definition) is 2. The minimum atomic E-state index is -0.968. The minimum Gasteiger partial charge on any atom is -0.622 e. The first kappa shape index (κ1) is 16.9. The lowest BCUT2D eigenvalue weighted by atomic mass is 10.1. The van der Waals surface area contributed by atoms with E-state index in [4.69, 9.17) is 4.74 Å². The Bertz CT molecular complexity index is 645. The van der Waals surface area contributed by atoms with Crippen LogP contribution in [0.2, 0.25) is 0 Å². The number of aliphatic hydroxyl groups excluding tert-OH is 1. The van der Waals surface area contributed by atoms with Gasteiger partial charge in [0.1, 0.15) is 18.7 Å². The summed E-state index contributed by atoms with van der Waals surface area (Å²) in [5, 5.41) is 25.4. The number of quaternary nitrogens is 1. The zero-order valence-electron chi connectivity index (χ0n) is 14.3. The Kier molecular flexibility index (Phi) is 4.15. The van der Waals surface area contributed by atoms with Crippen molar-refractivity contribution in [1.82, 2.24) is 4.98 Å². The van der Waals surface area contributed by atoms with Gasteiger partial charge in [0.2, 0.25) is 0 Å². The van der Waals surface area contributed by atoms with Gasteiger partial charge >= 0.3 is 6.09 Å². The highest BCUT2D eigenvalue weighted by molar-refractivity contribution is 5.70. The predicted octanol–water partition coefficient (Wildman–Crippen LogP) is 1.44. The standard InChI is InChI=1S/C16H24N4O4/c1-16(2,3)24-15(22)20(23)5-4-19-12(9-20)8-17-13-6-11(10-21)7-18-14(13)19/h6-7,12,17,21H,4-5,8-10H2,1-3H3. The summed E-state index contributed by atoms with van der Waals surface area (Å²) in [5.74, 6) is 0.763. The molecule has 1 amide bonds. The molecule has 2 aliphatic rings. The van der Waals surface area contributed by atoms with Crippen molar-refractivity contribution in [2.75, 3.05) is 36.4 Å². The van der Waals surface area contributed by atoms with E-state index < -0.39 is 16.3 Å². The van der Waals surface area contributed by atoms with Crippen LogP contribution in [0.15, 0.2) is 12.3 Å². The molecule has 24 heavy (non-hydrogen) atoms. The van der Waals surface area contributed by atoms with Gasteiger partial charge in [-0.2, -0.15) is 4.79 Å². The number of ether oxygens (including phenoxy) is 1. The Morgan fingerprint density at radius 1 is 1.58 bits per heavy atom. The summed E-state index contributed by atoms with van der Waals surface area (Å²) in [7, 11) is 0. The number of hydrogen-bond acceptors (Lipinski definition) is 7. The molecule has 1 aromatic rings. The molecule has 3 heterocycles. The molecule has 2 aliphatic heterocycles. The predicted molar refractivity (Wildman–Crippen MR) is 89.4 cm³/mol. The van der Waals surface area contributed by atoms with Crippen LogP contribution in [0.1, 0.15) is 26.3 Å². The van der Waals surface area contributed by atoms with Crippen LogP contribution in [0, 0.1) is 5.21 Å². The maximum atomic E-state index is 12.9. The molecule has 2 N–H and O–H groups in total. The number of piperazine rings is 1. The molecule has 1 fully saturated rings. The van der Waals surface area contributed by atoms with Crippen LogP contribution in [-0.2, 0) is 11.3 Å². The van der Waals surface area contributed by atoms with Crippen molar-refractivity contribution in [3.63, 3.8) is 0 Å². The van der Waals surface area contributed by atoms with Gasteiger partial charge in [0.25, 0.3) is 0 Å². The molecule has 0 spiro atoms. The lowest BCUT2D eigenvalue weighted by Gasteiger charge is -2.50. The van der Waals surface area contributed by atoms with E-state index in [2.05, 4.69) is 15.2 Å². The average molecular weight is 336 g/mol. The first-order chi connectivity index (χ1) is 11.2. The number of anilines is 2. The van der Waals surface area contributed by atoms with Crippen molar-refractivity contribution in [3.05, 3.63) is 23.0 Å². The zero-order valence-corrected chi connectivity index (χ0v) is 14.3. The van der Waals surface area contributed by atoms with E-state index >= 15 is 0 Å². The summed E-state index contributed by atoms with van der Waals surface area (Å²) in [4.78, 5) is 18.8. The Hall–Kier alpha value is -1.90. The normalized spacial score (nSPS) is 26.2. The van der Waals surface area contributed by atoms with Crippen molar-refractivity contribution >= 4 is 17.6 Å². The van der Waals surface area contributed by atoms with E-state index in [9.17, 15) is 15.1 Å². The molecule has 0 radical (unpaired) electrons. The van der Waals surface area contributed by atoms with Crippen molar-refractivity contribution in [3.8, 4) is 0 Å². The number of rotatable bonds is 1. The highest BCUT2D eigenvalue weighted by Crippen LogP contribution is 2.33. The molecule has 3 rings (SSSR count). The number of nitrogens with one attached hydrogen (secondary N) is 1. The molecule has 0 aromatic carbocycles. The number of aliphatic hydroxyl groups is 1. The van der Waals surface area contributed by atoms with Crippen molar-refractivity contribution in [1.29, 1.82) is 0 Å². The molecule has 8 heteroatoms. The van der Waals surface area contributed by atoms with Crippen LogP contribution in [0.4, 0.5) is 16.3 Å². The number of hydroxylamine groups is 3. The van der Waals surface area contributed by atoms with Gasteiger partial charge in [0.05, 0.1) is 24.9 Å². The van der Waals surface area contributed by atoms with Crippen LogP contribution < -0.4 is 10.2 Å². The Balaban J connectivity index is 1.77. The largest absolute Gasteiger partial charge is 0.622 e. The Labute approximate surface area is 141 Å². The van der Waals surface area contributed by atoms with Crippen LogP contribution >= 0.6 is 0 Å². The zero-order chi connectivity index (χ0) is 17.5. The van der Waals surface area contributed by atoms with E-state index in [1.165, 1.54) is 0 Å². The SMILES string of the molecule is CC(C)(C)OC(=O)[N+]1([O-])CCN2c3ncc(CO)cc3NCC2C1. The number of nitrogens with zero attached hydrogens (tertiary/aromatic N) is 3. The Morgan fingerprint density at radius 2 is 2.33 bits per heavy atom. The maximum Gasteiger partial charge on any atom is 0.516 e. The number of carbonyl (C=O) groups is 1. The molecule has 0 saturated carbocycles. The van der Waals surface area contributed by atoms with Crippen molar-refractivity contribution in [2.45, 2.75) is 39.0 Å². The van der Waals surface area contributed by atoms with E-state index in [-0.39, 0.29) is 25.7 Å². The van der Waals surface area contributed by atoms with Gasteiger partial charge in [-0.15, -0.1) is 0 Å². The molecule has 0 aliphatic carbocycles. The monoisotopic (exact) mass is 336 g/mol. The smallest absolute Gasteiger partial charge is 0.516 e. The quantitative estimate of drug-likeness (QED) is 0.591. The van der Waals surface area contributed by atoms with E-state index in [1.807, 2.05) is 6.07 Å². The van der Waals surface area contributed by atoms with Gasteiger partial charge in [-0.25, -0.2) is 4.98 Å². The molecule has 1 aromatic heterocycles. The second kappa shape index (κ2) is 5.87.